The van der Waals surface area contributed by atoms with Gasteiger partial charge in [-0.15, -0.1) is 0 Å². The van der Waals surface area contributed by atoms with E-state index in [1.807, 2.05) is 0 Å². The Bertz CT molecular complexity index is 487. The van der Waals surface area contributed by atoms with Gasteiger partial charge in [0.15, 0.2) is 5.82 Å². The van der Waals surface area contributed by atoms with Crippen LogP contribution < -0.4 is 16.6 Å². The molecule has 0 radical (unpaired) electrons. The smallest absolute Gasteiger partial charge is 0.276 e. The lowest BCUT2D eigenvalue weighted by atomic mass is 10.0. The van der Waals surface area contributed by atoms with Crippen LogP contribution in [0.4, 0.5) is 11.5 Å². The number of aromatic amines is 1. The SMILES string of the molecule is CCCCCCCCCCCCCCCCNc1nc[nH]c(=O)c1N. The number of nitrogens with two attached hydrogens (primary N) is 1. The largest absolute Gasteiger partial charge is 0.391 e. The predicted octanol–water partition coefficient (Wildman–Crippen LogP) is 5.25. The van der Waals surface area contributed by atoms with Crippen LogP contribution in [0.1, 0.15) is 96.8 Å². The monoisotopic (exact) mass is 350 g/mol. The van der Waals surface area contributed by atoms with Gasteiger partial charge in [0.05, 0.1) is 6.33 Å². The minimum Gasteiger partial charge on any atom is -0.391 e. The molecule has 0 saturated heterocycles. The van der Waals surface area contributed by atoms with Crippen molar-refractivity contribution in [1.82, 2.24) is 9.97 Å². The molecule has 0 unspecified atom stereocenters. The quantitative estimate of drug-likeness (QED) is 0.356. The molecule has 4 N–H and O–H groups in total. The zero-order valence-electron chi connectivity index (χ0n) is 16.1. The molecule has 5 heteroatoms. The zero-order chi connectivity index (χ0) is 18.2. The molecule has 1 rings (SSSR count). The van der Waals surface area contributed by atoms with Crippen LogP contribution in [0.3, 0.4) is 0 Å². The highest BCUT2D eigenvalue weighted by Crippen LogP contribution is 2.13. The highest BCUT2D eigenvalue weighted by atomic mass is 16.1. The summed E-state index contributed by atoms with van der Waals surface area (Å²) in [6, 6.07) is 0. The average molecular weight is 351 g/mol. The molecule has 0 amide bonds. The third-order valence-corrected chi connectivity index (χ3v) is 4.71. The number of aromatic nitrogens is 2. The number of nitrogens with one attached hydrogen (secondary N) is 2. The Balaban J connectivity index is 1.83. The van der Waals surface area contributed by atoms with Crippen molar-refractivity contribution in [3.05, 3.63) is 16.7 Å². The summed E-state index contributed by atoms with van der Waals surface area (Å²) < 4.78 is 0. The van der Waals surface area contributed by atoms with Gasteiger partial charge in [0, 0.05) is 6.54 Å². The lowest BCUT2D eigenvalue weighted by Crippen LogP contribution is -2.16. The summed E-state index contributed by atoms with van der Waals surface area (Å²) in [6.45, 7) is 3.09. The van der Waals surface area contributed by atoms with Gasteiger partial charge in [-0.3, -0.25) is 4.79 Å². The fourth-order valence-corrected chi connectivity index (χ4v) is 3.08. The van der Waals surface area contributed by atoms with Crippen LogP contribution in [0.15, 0.2) is 11.1 Å². The highest BCUT2D eigenvalue weighted by Gasteiger charge is 2.02. The zero-order valence-corrected chi connectivity index (χ0v) is 16.1. The number of nitrogens with zero attached hydrogens (tertiary/aromatic N) is 1. The Morgan fingerprint density at radius 2 is 1.36 bits per heavy atom. The molecule has 0 atom stereocenters. The first-order valence-electron chi connectivity index (χ1n) is 10.3. The topological polar surface area (TPSA) is 83.8 Å². The Labute approximate surface area is 153 Å². The van der Waals surface area contributed by atoms with E-state index in [2.05, 4.69) is 22.2 Å². The molecular weight excluding hydrogens is 312 g/mol. The molecule has 25 heavy (non-hydrogen) atoms. The molecule has 0 aliphatic carbocycles. The van der Waals surface area contributed by atoms with Gasteiger partial charge in [-0.1, -0.05) is 90.4 Å². The minimum atomic E-state index is -0.279. The molecule has 1 aromatic heterocycles. The van der Waals surface area contributed by atoms with E-state index in [-0.39, 0.29) is 11.2 Å². The highest BCUT2D eigenvalue weighted by molar-refractivity contribution is 5.58. The first-order valence-corrected chi connectivity index (χ1v) is 10.3. The Hall–Kier alpha value is -1.52. The van der Waals surface area contributed by atoms with Crippen LogP contribution in [-0.2, 0) is 0 Å². The van der Waals surface area contributed by atoms with Gasteiger partial charge in [0.2, 0.25) is 0 Å². The van der Waals surface area contributed by atoms with Crippen molar-refractivity contribution in [3.8, 4) is 0 Å². The Kier molecular flexibility index (Phi) is 12.7. The molecule has 5 nitrogen and oxygen atoms in total. The van der Waals surface area contributed by atoms with E-state index >= 15 is 0 Å². The minimum absolute atomic E-state index is 0.174. The van der Waals surface area contributed by atoms with E-state index in [1.54, 1.807) is 0 Å². The van der Waals surface area contributed by atoms with Crippen molar-refractivity contribution in [3.63, 3.8) is 0 Å². The molecule has 0 saturated carbocycles. The molecule has 0 bridgehead atoms. The van der Waals surface area contributed by atoms with Crippen molar-refractivity contribution >= 4 is 11.5 Å². The van der Waals surface area contributed by atoms with E-state index in [1.165, 1.54) is 89.8 Å². The molecule has 144 valence electrons. The normalized spacial score (nSPS) is 10.9. The van der Waals surface area contributed by atoms with E-state index in [4.69, 9.17) is 5.73 Å². The summed E-state index contributed by atoms with van der Waals surface area (Å²) in [5.41, 5.74) is 5.57. The lowest BCUT2D eigenvalue weighted by molar-refractivity contribution is 0.537. The summed E-state index contributed by atoms with van der Waals surface area (Å²) in [6.07, 6.45) is 20.3. The Morgan fingerprint density at radius 3 is 1.88 bits per heavy atom. The van der Waals surface area contributed by atoms with E-state index in [0.717, 1.165) is 13.0 Å². The first kappa shape index (κ1) is 21.5. The molecule has 1 heterocycles. The molecular formula is C20H38N4O. The average Bonchev–Trinajstić information content (AvgIpc) is 2.61. The number of nitrogen functional groups attached to an aromatic ring is 1. The fraction of sp³-hybridized carbons (Fsp3) is 0.800. The second-order valence-corrected chi connectivity index (χ2v) is 7.02. The molecule has 0 fully saturated rings. The first-order chi connectivity index (χ1) is 12.3. The number of hydrogen-bond acceptors (Lipinski definition) is 4. The van der Waals surface area contributed by atoms with Crippen LogP contribution >= 0.6 is 0 Å². The van der Waals surface area contributed by atoms with Gasteiger partial charge in [0.25, 0.3) is 5.56 Å². The number of unbranched alkanes of at least 4 members (excludes halogenated alkanes) is 13. The summed E-state index contributed by atoms with van der Waals surface area (Å²) in [4.78, 5) is 17.9. The van der Waals surface area contributed by atoms with Crippen LogP contribution in [0.2, 0.25) is 0 Å². The van der Waals surface area contributed by atoms with Gasteiger partial charge in [-0.25, -0.2) is 4.98 Å². The van der Waals surface area contributed by atoms with Gasteiger partial charge in [-0.2, -0.15) is 0 Å². The van der Waals surface area contributed by atoms with Crippen molar-refractivity contribution in [2.75, 3.05) is 17.6 Å². The third kappa shape index (κ3) is 10.8. The standard InChI is InChI=1S/C20H38N4O/c1-2-3-4-5-6-7-8-9-10-11-12-13-14-15-16-22-19-18(21)20(25)24-17-23-19/h17H,2-16,21H2,1H3,(H2,22,23,24,25). The van der Waals surface area contributed by atoms with Crippen LogP contribution in [0.5, 0.6) is 0 Å². The van der Waals surface area contributed by atoms with Crippen molar-refractivity contribution in [1.29, 1.82) is 0 Å². The molecule has 0 aliphatic rings. The molecule has 0 aromatic carbocycles. The van der Waals surface area contributed by atoms with Crippen molar-refractivity contribution in [2.45, 2.75) is 96.8 Å². The maximum Gasteiger partial charge on any atom is 0.276 e. The molecule has 1 aromatic rings. The van der Waals surface area contributed by atoms with Gasteiger partial charge >= 0.3 is 0 Å². The molecule has 0 spiro atoms. The summed E-state index contributed by atoms with van der Waals surface area (Å²) in [7, 11) is 0. The lowest BCUT2D eigenvalue weighted by Gasteiger charge is -2.07. The third-order valence-electron chi connectivity index (χ3n) is 4.71. The number of H-pyrrole nitrogens is 1. The summed E-state index contributed by atoms with van der Waals surface area (Å²) in [5, 5.41) is 3.14. The van der Waals surface area contributed by atoms with Crippen molar-refractivity contribution in [2.24, 2.45) is 0 Å². The van der Waals surface area contributed by atoms with Gasteiger partial charge < -0.3 is 16.0 Å². The van der Waals surface area contributed by atoms with E-state index in [0.29, 0.717) is 5.82 Å². The predicted molar refractivity (Wildman–Crippen MR) is 108 cm³/mol. The Morgan fingerprint density at radius 1 is 0.880 bits per heavy atom. The van der Waals surface area contributed by atoms with Gasteiger partial charge in [-0.05, 0) is 6.42 Å². The van der Waals surface area contributed by atoms with Gasteiger partial charge in [0.1, 0.15) is 5.69 Å². The second kappa shape index (κ2) is 14.8. The molecule has 0 aliphatic heterocycles. The number of anilines is 2. The van der Waals surface area contributed by atoms with Crippen LogP contribution in [0, 0.1) is 0 Å². The maximum absolute atomic E-state index is 11.3. The summed E-state index contributed by atoms with van der Waals surface area (Å²) in [5.74, 6) is 0.499. The van der Waals surface area contributed by atoms with Crippen molar-refractivity contribution < 1.29 is 0 Å². The second-order valence-electron chi connectivity index (χ2n) is 7.02. The fourth-order valence-electron chi connectivity index (χ4n) is 3.08. The maximum atomic E-state index is 11.3. The number of hydrogen-bond donors (Lipinski definition) is 3. The van der Waals surface area contributed by atoms with Crippen LogP contribution in [-0.4, -0.2) is 16.5 Å². The summed E-state index contributed by atoms with van der Waals surface area (Å²) >= 11 is 0. The van der Waals surface area contributed by atoms with E-state index in [9.17, 15) is 4.79 Å². The van der Waals surface area contributed by atoms with Crippen LogP contribution in [0.25, 0.3) is 0 Å². The van der Waals surface area contributed by atoms with E-state index < -0.39 is 0 Å². The number of rotatable bonds is 16.